The molecule has 2 atom stereocenters. The Morgan fingerprint density at radius 1 is 1.12 bits per heavy atom. The van der Waals surface area contributed by atoms with E-state index in [9.17, 15) is 9.18 Å². The lowest BCUT2D eigenvalue weighted by molar-refractivity contribution is -0.127. The second kappa shape index (κ2) is 10.7. The molecule has 0 spiro atoms. The molecule has 7 rings (SSSR count). The van der Waals surface area contributed by atoms with Crippen LogP contribution in [0.15, 0.2) is 73.6 Å². The molecule has 1 amide bonds. The van der Waals surface area contributed by atoms with Crippen molar-refractivity contribution >= 4 is 22.9 Å². The Morgan fingerprint density at radius 3 is 2.70 bits per heavy atom. The number of hydrogen-bond donors (Lipinski definition) is 2. The standard InChI is InChI=1S/C31H29F2N9O/c1-2-27(43)40-13-9-19(10-14-40)36-28-21-6-5-20(16-18(21)17-23(28)32)42-30(22-4-3-12-35-29(22)34)37-24-7-8-26(38-31(24)42)41-15-11-25(33)39-41/h2-8,11-12,15-16,19,23,28,36H,1,9-10,13-14,17H2,(H2,34,35). The molecule has 12 heteroatoms. The Labute approximate surface area is 245 Å². The first kappa shape index (κ1) is 26.9. The molecule has 0 saturated carbocycles. The second-order valence-electron chi connectivity index (χ2n) is 10.9. The normalized spacial score (nSPS) is 18.7. The number of aromatic nitrogens is 6. The summed E-state index contributed by atoms with van der Waals surface area (Å²) in [5.41, 5.74) is 10.5. The highest BCUT2D eigenvalue weighted by atomic mass is 19.1. The quantitative estimate of drug-likeness (QED) is 0.290. The van der Waals surface area contributed by atoms with E-state index in [1.165, 1.54) is 23.0 Å². The summed E-state index contributed by atoms with van der Waals surface area (Å²) < 4.78 is 32.4. The van der Waals surface area contributed by atoms with Crippen LogP contribution in [0.5, 0.6) is 0 Å². The zero-order valence-electron chi connectivity index (χ0n) is 23.2. The van der Waals surface area contributed by atoms with Crippen LogP contribution in [0, 0.1) is 5.95 Å². The van der Waals surface area contributed by atoms with Crippen molar-refractivity contribution in [3.63, 3.8) is 0 Å². The highest BCUT2D eigenvalue weighted by Crippen LogP contribution is 2.38. The summed E-state index contributed by atoms with van der Waals surface area (Å²) >= 11 is 0. The number of halogens is 2. The van der Waals surface area contributed by atoms with E-state index in [4.69, 9.17) is 15.7 Å². The molecule has 2 unspecified atom stereocenters. The minimum atomic E-state index is -1.09. The highest BCUT2D eigenvalue weighted by molar-refractivity contribution is 5.87. The molecule has 1 aliphatic carbocycles. The van der Waals surface area contributed by atoms with E-state index >= 15 is 4.39 Å². The van der Waals surface area contributed by atoms with Crippen LogP contribution >= 0.6 is 0 Å². The maximum atomic E-state index is 15.5. The minimum absolute atomic E-state index is 0.0709. The van der Waals surface area contributed by atoms with Gasteiger partial charge in [0.05, 0.1) is 11.6 Å². The van der Waals surface area contributed by atoms with Crippen LogP contribution in [0.4, 0.5) is 14.6 Å². The molecule has 2 aliphatic rings. The van der Waals surface area contributed by atoms with Crippen LogP contribution in [0.25, 0.3) is 34.1 Å². The smallest absolute Gasteiger partial charge is 0.245 e. The van der Waals surface area contributed by atoms with E-state index in [0.29, 0.717) is 47.3 Å². The first-order chi connectivity index (χ1) is 20.9. The van der Waals surface area contributed by atoms with Crippen LogP contribution in [-0.4, -0.2) is 65.4 Å². The van der Waals surface area contributed by atoms with Gasteiger partial charge in [-0.05, 0) is 66.4 Å². The number of nitrogens with one attached hydrogen (secondary N) is 1. The fourth-order valence-corrected chi connectivity index (χ4v) is 6.11. The summed E-state index contributed by atoms with van der Waals surface area (Å²) in [5.74, 6) is 0.569. The summed E-state index contributed by atoms with van der Waals surface area (Å²) in [5, 5.41) is 7.38. The lowest BCUT2D eigenvalue weighted by Crippen LogP contribution is -2.46. The van der Waals surface area contributed by atoms with Crippen molar-refractivity contribution in [2.45, 2.75) is 37.5 Å². The van der Waals surface area contributed by atoms with Gasteiger partial charge in [-0.2, -0.15) is 4.39 Å². The molecular formula is C31H29F2N9O. The molecule has 5 aromatic rings. The maximum Gasteiger partial charge on any atom is 0.245 e. The Hall–Kier alpha value is -4.97. The first-order valence-electron chi connectivity index (χ1n) is 14.2. The molecule has 10 nitrogen and oxygen atoms in total. The lowest BCUT2D eigenvalue weighted by atomic mass is 10.0. The third-order valence-electron chi connectivity index (χ3n) is 8.25. The number of hydrogen-bond acceptors (Lipinski definition) is 7. The summed E-state index contributed by atoms with van der Waals surface area (Å²) in [6, 6.07) is 13.9. The molecule has 0 radical (unpaired) electrons. The third-order valence-corrected chi connectivity index (χ3v) is 8.25. The number of fused-ring (bicyclic) bond motifs is 2. The minimum Gasteiger partial charge on any atom is -0.383 e. The lowest BCUT2D eigenvalue weighted by Gasteiger charge is -2.34. The first-order valence-corrected chi connectivity index (χ1v) is 14.2. The maximum absolute atomic E-state index is 15.5. The number of amides is 1. The van der Waals surface area contributed by atoms with Gasteiger partial charge in [-0.1, -0.05) is 12.6 Å². The number of pyridine rings is 2. The number of anilines is 1. The summed E-state index contributed by atoms with van der Waals surface area (Å²) in [4.78, 5) is 27.6. The molecule has 3 N–H and O–H groups in total. The molecule has 1 fully saturated rings. The summed E-state index contributed by atoms with van der Waals surface area (Å²) in [6.07, 6.45) is 5.11. The van der Waals surface area contributed by atoms with Crippen molar-refractivity contribution in [1.82, 2.24) is 39.5 Å². The molecule has 0 bridgehead atoms. The van der Waals surface area contributed by atoms with Crippen molar-refractivity contribution in [3.8, 4) is 22.9 Å². The largest absolute Gasteiger partial charge is 0.383 e. The van der Waals surface area contributed by atoms with Crippen molar-refractivity contribution in [2.75, 3.05) is 18.8 Å². The van der Waals surface area contributed by atoms with Gasteiger partial charge in [0.2, 0.25) is 11.9 Å². The Kier molecular flexibility index (Phi) is 6.69. The van der Waals surface area contributed by atoms with Crippen molar-refractivity contribution < 1.29 is 13.6 Å². The molecule has 4 aromatic heterocycles. The fourth-order valence-electron chi connectivity index (χ4n) is 6.11. The molecule has 5 heterocycles. The average molecular weight is 582 g/mol. The number of nitrogen functional groups attached to an aromatic ring is 1. The van der Waals surface area contributed by atoms with E-state index in [2.05, 4.69) is 22.0 Å². The van der Waals surface area contributed by atoms with Crippen molar-refractivity contribution in [1.29, 1.82) is 0 Å². The number of alkyl halides is 1. The number of nitrogens with two attached hydrogens (primary N) is 1. The summed E-state index contributed by atoms with van der Waals surface area (Å²) in [7, 11) is 0. The number of imidazole rings is 1. The number of rotatable bonds is 6. The third kappa shape index (κ3) is 4.83. The van der Waals surface area contributed by atoms with Crippen LogP contribution in [0.1, 0.15) is 30.0 Å². The second-order valence-corrected chi connectivity index (χ2v) is 10.9. The van der Waals surface area contributed by atoms with Gasteiger partial charge in [-0.3, -0.25) is 9.36 Å². The fraction of sp³-hybridized carbons (Fsp3) is 0.258. The average Bonchev–Trinajstić information content (AvgIpc) is 3.71. The van der Waals surface area contributed by atoms with Gasteiger partial charge >= 0.3 is 0 Å². The monoisotopic (exact) mass is 581 g/mol. The molecule has 1 aromatic carbocycles. The SMILES string of the molecule is C=CC(=O)N1CCC(NC2c3ccc(-n4c(-c5cccnc5N)nc5ccc(-n6ccc(F)n6)nc54)cc3CC2F)CC1. The molecule has 1 saturated heterocycles. The van der Waals surface area contributed by atoms with E-state index in [0.717, 1.165) is 29.7 Å². The molecule has 218 valence electrons. The molecular weight excluding hydrogens is 552 g/mol. The van der Waals surface area contributed by atoms with Crippen molar-refractivity contribution in [3.05, 3.63) is 90.7 Å². The Morgan fingerprint density at radius 2 is 1.95 bits per heavy atom. The van der Waals surface area contributed by atoms with Gasteiger partial charge in [0.1, 0.15) is 17.5 Å². The predicted octanol–water partition coefficient (Wildman–Crippen LogP) is 4.09. The number of benzene rings is 1. The van der Waals surface area contributed by atoms with E-state index in [1.807, 2.05) is 28.8 Å². The van der Waals surface area contributed by atoms with Crippen LogP contribution in [0.3, 0.4) is 0 Å². The van der Waals surface area contributed by atoms with Gasteiger partial charge in [-0.25, -0.2) is 24.0 Å². The Balaban J connectivity index is 1.26. The van der Waals surface area contributed by atoms with Crippen LogP contribution in [-0.2, 0) is 11.2 Å². The van der Waals surface area contributed by atoms with Gasteiger partial charge in [0, 0.05) is 49.7 Å². The number of carbonyl (C=O) groups is 1. The Bertz CT molecular complexity index is 1860. The summed E-state index contributed by atoms with van der Waals surface area (Å²) in [6.45, 7) is 4.80. The van der Waals surface area contributed by atoms with Gasteiger partial charge in [-0.15, -0.1) is 5.10 Å². The number of likely N-dealkylation sites (tertiary alicyclic amines) is 1. The number of nitrogens with zero attached hydrogens (tertiary/aromatic N) is 7. The van der Waals surface area contributed by atoms with Gasteiger partial charge < -0.3 is 16.0 Å². The number of carbonyl (C=O) groups excluding carboxylic acids is 1. The zero-order valence-corrected chi connectivity index (χ0v) is 23.2. The molecule has 1 aliphatic heterocycles. The van der Waals surface area contributed by atoms with E-state index in [1.54, 1.807) is 29.3 Å². The zero-order chi connectivity index (χ0) is 29.7. The molecule has 43 heavy (non-hydrogen) atoms. The van der Waals surface area contributed by atoms with Gasteiger partial charge in [0.25, 0.3) is 0 Å². The van der Waals surface area contributed by atoms with Gasteiger partial charge in [0.15, 0.2) is 17.3 Å². The number of piperidine rings is 1. The van der Waals surface area contributed by atoms with Crippen molar-refractivity contribution in [2.24, 2.45) is 0 Å². The topological polar surface area (TPSA) is 120 Å². The van der Waals surface area contributed by atoms with Crippen LogP contribution < -0.4 is 11.1 Å². The predicted molar refractivity (Wildman–Crippen MR) is 158 cm³/mol. The van der Waals surface area contributed by atoms with E-state index in [-0.39, 0.29) is 18.4 Å². The highest BCUT2D eigenvalue weighted by Gasteiger charge is 2.35. The van der Waals surface area contributed by atoms with E-state index < -0.39 is 18.2 Å². The van der Waals surface area contributed by atoms with Crippen LogP contribution in [0.2, 0.25) is 0 Å².